The van der Waals surface area contributed by atoms with E-state index in [4.69, 9.17) is 16.0 Å². The highest BCUT2D eigenvalue weighted by atomic mass is 35.5. The summed E-state index contributed by atoms with van der Waals surface area (Å²) in [5.41, 5.74) is 0.582. The summed E-state index contributed by atoms with van der Waals surface area (Å²) in [5, 5.41) is 3.26. The molecular weight excluding hydrogens is 273 g/mol. The number of benzene rings is 1. The Hall–Kier alpha value is -2.01. The van der Waals surface area contributed by atoms with Crippen molar-refractivity contribution >= 4 is 23.3 Å². The molecular formula is C13H11ClFNO3. The number of nitrogens with one attached hydrogen (secondary N) is 1. The number of ether oxygens (including phenoxy) is 1. The molecule has 0 aliphatic heterocycles. The fraction of sp³-hybridized carbons (Fsp3) is 0.154. The normalized spacial score (nSPS) is 10.3. The third-order valence-electron chi connectivity index (χ3n) is 2.43. The van der Waals surface area contributed by atoms with Crippen molar-refractivity contribution in [1.82, 2.24) is 0 Å². The molecule has 0 fully saturated rings. The Labute approximate surface area is 114 Å². The predicted octanol–water partition coefficient (Wildman–Crippen LogP) is 3.47. The molecule has 0 aliphatic carbocycles. The molecule has 0 atom stereocenters. The highest BCUT2D eigenvalue weighted by molar-refractivity contribution is 6.33. The van der Waals surface area contributed by atoms with Crippen LogP contribution in [0.4, 0.5) is 10.1 Å². The van der Waals surface area contributed by atoms with Crippen LogP contribution >= 0.6 is 11.6 Å². The Morgan fingerprint density at radius 3 is 2.89 bits per heavy atom. The molecule has 0 saturated carbocycles. The second kappa shape index (κ2) is 5.75. The number of furan rings is 1. The van der Waals surface area contributed by atoms with Crippen molar-refractivity contribution in [3.63, 3.8) is 0 Å². The molecule has 4 nitrogen and oxygen atoms in total. The van der Waals surface area contributed by atoms with Gasteiger partial charge in [0.15, 0.2) is 0 Å². The number of carbonyl (C=O) groups excluding carboxylic acids is 1. The third-order valence-corrected chi connectivity index (χ3v) is 2.75. The lowest BCUT2D eigenvalue weighted by Crippen LogP contribution is -2.00. The molecule has 2 aromatic rings. The van der Waals surface area contributed by atoms with Crippen LogP contribution < -0.4 is 5.32 Å². The van der Waals surface area contributed by atoms with Gasteiger partial charge in [0.25, 0.3) is 0 Å². The highest BCUT2D eigenvalue weighted by Gasteiger charge is 2.11. The number of halogens is 2. The van der Waals surface area contributed by atoms with Crippen LogP contribution in [0.3, 0.4) is 0 Å². The van der Waals surface area contributed by atoms with Gasteiger partial charge < -0.3 is 14.5 Å². The Kier molecular flexibility index (Phi) is 4.06. The van der Waals surface area contributed by atoms with Crippen LogP contribution in [0.15, 0.2) is 34.7 Å². The first-order valence-electron chi connectivity index (χ1n) is 5.46. The number of methoxy groups -OCH3 is 1. The van der Waals surface area contributed by atoms with Crippen LogP contribution in [-0.2, 0) is 11.3 Å². The zero-order chi connectivity index (χ0) is 13.8. The standard InChI is InChI=1S/C13H11ClFNO3/c1-18-13(17)12-5-3-9(19-12)7-16-11-4-2-8(15)6-10(11)14/h2-6,16H,7H2,1H3. The van der Waals surface area contributed by atoms with Crippen LogP contribution in [0.2, 0.25) is 5.02 Å². The summed E-state index contributed by atoms with van der Waals surface area (Å²) in [7, 11) is 1.28. The molecule has 0 saturated heterocycles. The van der Waals surface area contributed by atoms with Crippen LogP contribution in [-0.4, -0.2) is 13.1 Å². The maximum atomic E-state index is 12.9. The molecule has 0 amide bonds. The topological polar surface area (TPSA) is 51.5 Å². The van der Waals surface area contributed by atoms with Gasteiger partial charge in [-0.05, 0) is 30.3 Å². The fourth-order valence-corrected chi connectivity index (χ4v) is 1.73. The van der Waals surface area contributed by atoms with E-state index in [9.17, 15) is 9.18 Å². The molecule has 2 rings (SSSR count). The van der Waals surface area contributed by atoms with Gasteiger partial charge in [0, 0.05) is 0 Å². The number of rotatable bonds is 4. The van der Waals surface area contributed by atoms with Crippen molar-refractivity contribution in [2.24, 2.45) is 0 Å². The van der Waals surface area contributed by atoms with Gasteiger partial charge in [-0.25, -0.2) is 9.18 Å². The Morgan fingerprint density at radius 1 is 1.42 bits per heavy atom. The van der Waals surface area contributed by atoms with Crippen LogP contribution in [0.5, 0.6) is 0 Å². The summed E-state index contributed by atoms with van der Waals surface area (Å²) in [6, 6.07) is 7.22. The Bertz CT molecular complexity index is 597. The Morgan fingerprint density at radius 2 is 2.21 bits per heavy atom. The molecule has 1 aromatic heterocycles. The number of carbonyl (C=O) groups is 1. The van der Waals surface area contributed by atoms with Crippen molar-refractivity contribution in [2.75, 3.05) is 12.4 Å². The van der Waals surface area contributed by atoms with Crippen molar-refractivity contribution in [1.29, 1.82) is 0 Å². The molecule has 0 spiro atoms. The fourth-order valence-electron chi connectivity index (χ4n) is 1.50. The van der Waals surface area contributed by atoms with Crippen molar-refractivity contribution in [2.45, 2.75) is 6.54 Å². The molecule has 0 bridgehead atoms. The van der Waals surface area contributed by atoms with Gasteiger partial charge in [0.05, 0.1) is 24.4 Å². The quantitative estimate of drug-likeness (QED) is 0.873. The molecule has 19 heavy (non-hydrogen) atoms. The first kappa shape index (κ1) is 13.4. The molecule has 0 radical (unpaired) electrons. The lowest BCUT2D eigenvalue weighted by Gasteiger charge is -2.06. The molecule has 0 aliphatic rings. The van der Waals surface area contributed by atoms with E-state index in [0.29, 0.717) is 18.0 Å². The van der Waals surface area contributed by atoms with E-state index in [-0.39, 0.29) is 10.8 Å². The minimum Gasteiger partial charge on any atom is -0.463 e. The van der Waals surface area contributed by atoms with E-state index in [1.807, 2.05) is 0 Å². The molecule has 1 aromatic carbocycles. The lowest BCUT2D eigenvalue weighted by atomic mass is 10.3. The van der Waals surface area contributed by atoms with Crippen molar-refractivity contribution in [3.8, 4) is 0 Å². The number of hydrogen-bond acceptors (Lipinski definition) is 4. The van der Waals surface area contributed by atoms with Crippen LogP contribution in [0.1, 0.15) is 16.3 Å². The van der Waals surface area contributed by atoms with E-state index >= 15 is 0 Å². The summed E-state index contributed by atoms with van der Waals surface area (Å²) < 4.78 is 22.7. The van der Waals surface area contributed by atoms with E-state index in [1.165, 1.54) is 31.4 Å². The van der Waals surface area contributed by atoms with Gasteiger partial charge in [-0.1, -0.05) is 11.6 Å². The lowest BCUT2D eigenvalue weighted by molar-refractivity contribution is 0.0563. The summed E-state index contributed by atoms with van der Waals surface area (Å²) >= 11 is 5.87. The van der Waals surface area contributed by atoms with Crippen LogP contribution in [0.25, 0.3) is 0 Å². The van der Waals surface area contributed by atoms with E-state index < -0.39 is 11.8 Å². The van der Waals surface area contributed by atoms with Gasteiger partial charge in [0.1, 0.15) is 11.6 Å². The van der Waals surface area contributed by atoms with Crippen LogP contribution in [0, 0.1) is 5.82 Å². The molecule has 0 unspecified atom stereocenters. The minimum atomic E-state index is -0.536. The second-order valence-corrected chi connectivity index (χ2v) is 4.14. The number of esters is 1. The molecule has 1 N–H and O–H groups in total. The monoisotopic (exact) mass is 283 g/mol. The van der Waals surface area contributed by atoms with Crippen molar-refractivity contribution < 1.29 is 18.3 Å². The molecule has 1 heterocycles. The van der Waals surface area contributed by atoms with E-state index in [0.717, 1.165) is 0 Å². The zero-order valence-corrected chi connectivity index (χ0v) is 10.8. The zero-order valence-electron chi connectivity index (χ0n) is 10.1. The first-order valence-corrected chi connectivity index (χ1v) is 5.84. The average molecular weight is 284 g/mol. The van der Waals surface area contributed by atoms with Gasteiger partial charge in [-0.3, -0.25) is 0 Å². The van der Waals surface area contributed by atoms with E-state index in [1.54, 1.807) is 6.07 Å². The first-order chi connectivity index (χ1) is 9.10. The summed E-state index contributed by atoms with van der Waals surface area (Å²) in [4.78, 5) is 11.2. The summed E-state index contributed by atoms with van der Waals surface area (Å²) in [6.07, 6.45) is 0. The van der Waals surface area contributed by atoms with Gasteiger partial charge in [-0.2, -0.15) is 0 Å². The van der Waals surface area contributed by atoms with E-state index in [2.05, 4.69) is 10.1 Å². The number of anilines is 1. The highest BCUT2D eigenvalue weighted by Crippen LogP contribution is 2.23. The van der Waals surface area contributed by atoms with Crippen molar-refractivity contribution in [3.05, 3.63) is 52.7 Å². The summed E-state index contributed by atoms with van der Waals surface area (Å²) in [5.74, 6) is -0.266. The third kappa shape index (κ3) is 3.26. The maximum absolute atomic E-state index is 12.9. The largest absolute Gasteiger partial charge is 0.463 e. The smallest absolute Gasteiger partial charge is 0.373 e. The van der Waals surface area contributed by atoms with Gasteiger partial charge >= 0.3 is 5.97 Å². The summed E-state index contributed by atoms with van der Waals surface area (Å²) in [6.45, 7) is 0.322. The SMILES string of the molecule is COC(=O)c1ccc(CNc2ccc(F)cc2Cl)o1. The van der Waals surface area contributed by atoms with Gasteiger partial charge in [-0.15, -0.1) is 0 Å². The average Bonchev–Trinajstić information content (AvgIpc) is 2.85. The second-order valence-electron chi connectivity index (χ2n) is 3.74. The molecule has 6 heteroatoms. The predicted molar refractivity (Wildman–Crippen MR) is 68.8 cm³/mol. The molecule has 100 valence electrons. The van der Waals surface area contributed by atoms with Gasteiger partial charge in [0.2, 0.25) is 5.76 Å². The maximum Gasteiger partial charge on any atom is 0.373 e. The minimum absolute atomic E-state index is 0.129. The Balaban J connectivity index is 2.02. The number of hydrogen-bond donors (Lipinski definition) is 1.